The molecule has 0 spiro atoms. The number of hydrogen-bond donors (Lipinski definition) is 1. The minimum Gasteiger partial charge on any atom is -0.507 e. The molecular formula is C29H30N2O4. The number of nitrogens with zero attached hydrogens (tertiary/aromatic N) is 2. The summed E-state index contributed by atoms with van der Waals surface area (Å²) in [6.45, 7) is 5.68. The van der Waals surface area contributed by atoms with Crippen molar-refractivity contribution in [2.45, 2.75) is 45.7 Å². The molecule has 6 heteroatoms. The van der Waals surface area contributed by atoms with Gasteiger partial charge in [-0.25, -0.2) is 0 Å². The van der Waals surface area contributed by atoms with Gasteiger partial charge in [0, 0.05) is 30.5 Å². The lowest BCUT2D eigenvalue weighted by molar-refractivity contribution is 0.101. The number of aromatic nitrogens is 1. The standard InChI is InChI=1S/C29H30N2O4/c1-3-34-25-12-5-4-9-20(25)16-26-28(33)27-19(2)15-24(32)22(29(27)35-26)18-31-14-7-6-11-23(31)21-10-8-13-30-17-21/h4-5,8-10,12-13,15-17,23,32H,3,6-7,11,14,18H2,1-2H3/b26-16-/t23-/m0/s1. The van der Waals surface area contributed by atoms with E-state index >= 15 is 0 Å². The third kappa shape index (κ3) is 4.54. The Labute approximate surface area is 205 Å². The highest BCUT2D eigenvalue weighted by Gasteiger charge is 2.35. The number of aryl methyl sites for hydroxylation is 1. The van der Waals surface area contributed by atoms with Crippen molar-refractivity contribution in [3.8, 4) is 17.2 Å². The van der Waals surface area contributed by atoms with E-state index in [0.717, 1.165) is 31.4 Å². The van der Waals surface area contributed by atoms with Crippen LogP contribution in [0, 0.1) is 6.92 Å². The van der Waals surface area contributed by atoms with Crippen molar-refractivity contribution >= 4 is 11.9 Å². The Bertz CT molecular complexity index is 1270. The number of pyridine rings is 1. The molecule has 2 aliphatic rings. The molecule has 35 heavy (non-hydrogen) atoms. The Morgan fingerprint density at radius 2 is 2.09 bits per heavy atom. The Morgan fingerprint density at radius 3 is 2.89 bits per heavy atom. The molecule has 6 nitrogen and oxygen atoms in total. The number of allylic oxidation sites excluding steroid dienone is 1. The summed E-state index contributed by atoms with van der Waals surface area (Å²) in [6, 6.07) is 13.5. The van der Waals surface area contributed by atoms with Gasteiger partial charge in [0.1, 0.15) is 17.2 Å². The van der Waals surface area contributed by atoms with Crippen molar-refractivity contribution in [2.24, 2.45) is 0 Å². The van der Waals surface area contributed by atoms with Crippen LogP contribution in [0.3, 0.4) is 0 Å². The molecule has 0 aliphatic carbocycles. The van der Waals surface area contributed by atoms with Gasteiger partial charge in [0.25, 0.3) is 0 Å². The van der Waals surface area contributed by atoms with Gasteiger partial charge in [-0.1, -0.05) is 30.7 Å². The largest absolute Gasteiger partial charge is 0.507 e. The van der Waals surface area contributed by atoms with Crippen LogP contribution in [-0.4, -0.2) is 33.9 Å². The molecule has 2 aliphatic heterocycles. The fourth-order valence-electron chi connectivity index (χ4n) is 5.09. The number of para-hydroxylation sites is 1. The molecule has 1 N–H and O–H groups in total. The van der Waals surface area contributed by atoms with Crippen LogP contribution in [0.25, 0.3) is 6.08 Å². The SMILES string of the molecule is CCOc1ccccc1/C=C1\Oc2c(CN3CCCC[C@H]3c3cccnc3)c(O)cc(C)c2C1=O. The second kappa shape index (κ2) is 9.92. The zero-order valence-corrected chi connectivity index (χ0v) is 20.2. The van der Waals surface area contributed by atoms with E-state index in [0.29, 0.717) is 41.3 Å². The third-order valence-electron chi connectivity index (χ3n) is 6.77. The summed E-state index contributed by atoms with van der Waals surface area (Å²) in [7, 11) is 0. The number of ketones is 1. The number of phenolic OH excluding ortho intramolecular Hbond substituents is 1. The Balaban J connectivity index is 1.50. The van der Waals surface area contributed by atoms with Crippen LogP contribution in [0.4, 0.5) is 0 Å². The second-order valence-corrected chi connectivity index (χ2v) is 9.07. The highest BCUT2D eigenvalue weighted by atomic mass is 16.5. The summed E-state index contributed by atoms with van der Waals surface area (Å²) in [6.07, 6.45) is 8.69. The lowest BCUT2D eigenvalue weighted by Crippen LogP contribution is -2.33. The number of phenols is 1. The summed E-state index contributed by atoms with van der Waals surface area (Å²) < 4.78 is 11.9. The van der Waals surface area contributed by atoms with Crippen LogP contribution >= 0.6 is 0 Å². The van der Waals surface area contributed by atoms with Gasteiger partial charge in [0.2, 0.25) is 5.78 Å². The molecular weight excluding hydrogens is 440 g/mol. The minimum atomic E-state index is -0.174. The topological polar surface area (TPSA) is 71.9 Å². The fourth-order valence-corrected chi connectivity index (χ4v) is 5.09. The van der Waals surface area contributed by atoms with E-state index < -0.39 is 0 Å². The van der Waals surface area contributed by atoms with Crippen molar-refractivity contribution in [2.75, 3.05) is 13.2 Å². The van der Waals surface area contributed by atoms with Crippen LogP contribution in [0.1, 0.15) is 64.8 Å². The van der Waals surface area contributed by atoms with Gasteiger partial charge in [-0.15, -0.1) is 0 Å². The number of likely N-dealkylation sites (tertiary alicyclic amines) is 1. The Hall–Kier alpha value is -3.64. The molecule has 0 unspecified atom stereocenters. The van der Waals surface area contributed by atoms with Crippen molar-refractivity contribution in [1.29, 1.82) is 0 Å². The molecule has 1 saturated heterocycles. The summed E-state index contributed by atoms with van der Waals surface area (Å²) in [5.74, 6) is 1.38. The summed E-state index contributed by atoms with van der Waals surface area (Å²) in [5.41, 5.74) is 3.82. The molecule has 1 atom stereocenters. The number of aromatic hydroxyl groups is 1. The maximum absolute atomic E-state index is 13.4. The van der Waals surface area contributed by atoms with Gasteiger partial charge in [-0.05, 0) is 68.6 Å². The maximum Gasteiger partial charge on any atom is 0.232 e. The monoisotopic (exact) mass is 470 g/mol. The van der Waals surface area contributed by atoms with Gasteiger partial charge in [0.05, 0.1) is 17.7 Å². The van der Waals surface area contributed by atoms with Crippen LogP contribution in [0.5, 0.6) is 17.2 Å². The first-order chi connectivity index (χ1) is 17.1. The van der Waals surface area contributed by atoms with E-state index in [1.807, 2.05) is 50.4 Å². The predicted molar refractivity (Wildman–Crippen MR) is 135 cm³/mol. The van der Waals surface area contributed by atoms with Crippen molar-refractivity contribution in [1.82, 2.24) is 9.88 Å². The van der Waals surface area contributed by atoms with Crippen molar-refractivity contribution < 1.29 is 19.4 Å². The Kier molecular flexibility index (Phi) is 6.55. The fraction of sp³-hybridized carbons (Fsp3) is 0.310. The number of ether oxygens (including phenoxy) is 2. The molecule has 5 rings (SSSR count). The molecule has 0 radical (unpaired) electrons. The Morgan fingerprint density at radius 1 is 1.23 bits per heavy atom. The first-order valence-electron chi connectivity index (χ1n) is 12.2. The highest BCUT2D eigenvalue weighted by molar-refractivity contribution is 6.16. The van der Waals surface area contributed by atoms with Gasteiger partial charge < -0.3 is 14.6 Å². The second-order valence-electron chi connectivity index (χ2n) is 9.07. The maximum atomic E-state index is 13.4. The van der Waals surface area contributed by atoms with E-state index in [1.54, 1.807) is 18.3 Å². The lowest BCUT2D eigenvalue weighted by atomic mass is 9.94. The smallest absolute Gasteiger partial charge is 0.232 e. The van der Waals surface area contributed by atoms with E-state index in [4.69, 9.17) is 9.47 Å². The van der Waals surface area contributed by atoms with Crippen LogP contribution in [0.15, 0.2) is 60.6 Å². The molecule has 1 aromatic heterocycles. The molecule has 180 valence electrons. The van der Waals surface area contributed by atoms with Crippen molar-refractivity contribution in [3.05, 3.63) is 88.4 Å². The number of hydrogen-bond acceptors (Lipinski definition) is 6. The molecule has 3 aromatic rings. The summed E-state index contributed by atoms with van der Waals surface area (Å²) in [4.78, 5) is 20.1. The average Bonchev–Trinajstić information content (AvgIpc) is 3.20. The summed E-state index contributed by atoms with van der Waals surface area (Å²) >= 11 is 0. The molecule has 0 saturated carbocycles. The van der Waals surface area contributed by atoms with Crippen LogP contribution < -0.4 is 9.47 Å². The molecule has 2 aromatic carbocycles. The highest BCUT2D eigenvalue weighted by Crippen LogP contribution is 2.44. The zero-order chi connectivity index (χ0) is 24.4. The molecule has 1 fully saturated rings. The van der Waals surface area contributed by atoms with Gasteiger partial charge in [0.15, 0.2) is 5.76 Å². The number of rotatable bonds is 6. The lowest BCUT2D eigenvalue weighted by Gasteiger charge is -2.36. The number of carbonyl (C=O) groups is 1. The zero-order valence-electron chi connectivity index (χ0n) is 20.2. The average molecular weight is 471 g/mol. The van der Waals surface area contributed by atoms with Gasteiger partial charge in [-0.2, -0.15) is 0 Å². The van der Waals surface area contributed by atoms with Crippen LogP contribution in [-0.2, 0) is 6.54 Å². The van der Waals surface area contributed by atoms with E-state index in [2.05, 4.69) is 16.0 Å². The van der Waals surface area contributed by atoms with Crippen molar-refractivity contribution in [3.63, 3.8) is 0 Å². The quantitative estimate of drug-likeness (QED) is 0.457. The third-order valence-corrected chi connectivity index (χ3v) is 6.77. The van der Waals surface area contributed by atoms with E-state index in [-0.39, 0.29) is 23.3 Å². The number of fused-ring (bicyclic) bond motifs is 1. The number of carbonyl (C=O) groups excluding carboxylic acids is 1. The number of benzene rings is 2. The predicted octanol–water partition coefficient (Wildman–Crippen LogP) is 5.84. The normalized spacial score (nSPS) is 19.0. The first-order valence-corrected chi connectivity index (χ1v) is 12.2. The van der Waals surface area contributed by atoms with Gasteiger partial charge in [-0.3, -0.25) is 14.7 Å². The number of piperidine rings is 1. The molecule has 0 amide bonds. The van der Waals surface area contributed by atoms with Crippen LogP contribution in [0.2, 0.25) is 0 Å². The summed E-state index contributed by atoms with van der Waals surface area (Å²) in [5, 5.41) is 10.9. The number of Topliss-reactive ketones (excluding diaryl/α,β-unsaturated/α-hetero) is 1. The minimum absolute atomic E-state index is 0.153. The van der Waals surface area contributed by atoms with E-state index in [9.17, 15) is 9.90 Å². The first kappa shape index (κ1) is 23.1. The molecule has 3 heterocycles. The molecule has 0 bridgehead atoms. The van der Waals surface area contributed by atoms with E-state index in [1.165, 1.54) is 5.56 Å². The van der Waals surface area contributed by atoms with Gasteiger partial charge >= 0.3 is 0 Å².